The van der Waals surface area contributed by atoms with Gasteiger partial charge in [0.2, 0.25) is 0 Å². The van der Waals surface area contributed by atoms with Gasteiger partial charge in [-0.2, -0.15) is 0 Å². The molecule has 122 valence electrons. The number of nitrogens with zero attached hydrogens (tertiary/aromatic N) is 1. The second-order valence-electron chi connectivity index (χ2n) is 4.45. The molecule has 6 heteroatoms. The van der Waals surface area contributed by atoms with Gasteiger partial charge in [0.05, 0.1) is 34.8 Å². The monoisotopic (exact) mass is 316 g/mol. The molecule has 0 aliphatic heterocycles. The molecule has 0 bridgehead atoms. The number of benzene rings is 2. The van der Waals surface area contributed by atoms with E-state index in [-0.39, 0.29) is 0 Å². The third-order valence-electron chi connectivity index (χ3n) is 3.23. The fraction of sp³-hybridized carbons (Fsp3) is 0.235. The molecule has 1 N–H and O–H groups in total. The molecule has 0 atom stereocenters. The second kappa shape index (κ2) is 7.93. The van der Waals surface area contributed by atoms with Crippen LogP contribution in [0.4, 0.5) is 11.4 Å². The van der Waals surface area contributed by atoms with Crippen LogP contribution in [0.2, 0.25) is 0 Å². The lowest BCUT2D eigenvalue weighted by molar-refractivity contribution is 0.397. The lowest BCUT2D eigenvalue weighted by Crippen LogP contribution is -2.01. The van der Waals surface area contributed by atoms with Crippen molar-refractivity contribution < 1.29 is 18.9 Å². The minimum absolute atomic E-state index is 0.596. The zero-order chi connectivity index (χ0) is 16.7. The maximum Gasteiger partial charge on any atom is 0.148 e. The normalized spacial score (nSPS) is 10.4. The summed E-state index contributed by atoms with van der Waals surface area (Å²) >= 11 is 0. The van der Waals surface area contributed by atoms with Gasteiger partial charge in [-0.25, -0.2) is 4.99 Å². The van der Waals surface area contributed by atoms with E-state index < -0.39 is 0 Å². The topological polar surface area (TPSA) is 61.3 Å². The van der Waals surface area contributed by atoms with Crippen LogP contribution in [0.25, 0.3) is 0 Å². The standard InChI is InChI=1S/C17H20N2O4/c1-20-12-7-5-8-13(21-2)16(12)18-11-19-17-14(22-3)9-6-10-15(17)23-4/h5-11H,1-4H3,(H,18,19). The number of hydrogen-bond donors (Lipinski definition) is 1. The molecule has 0 amide bonds. The Morgan fingerprint density at radius 3 is 1.61 bits per heavy atom. The van der Waals surface area contributed by atoms with E-state index in [0.717, 1.165) is 0 Å². The molecule has 2 rings (SSSR count). The molecule has 0 fully saturated rings. The van der Waals surface area contributed by atoms with Crippen LogP contribution in [0.15, 0.2) is 41.4 Å². The average molecular weight is 316 g/mol. The highest BCUT2D eigenvalue weighted by Crippen LogP contribution is 2.37. The van der Waals surface area contributed by atoms with Crippen LogP contribution in [-0.2, 0) is 0 Å². The van der Waals surface area contributed by atoms with Gasteiger partial charge in [-0.1, -0.05) is 12.1 Å². The maximum atomic E-state index is 5.33. The highest BCUT2D eigenvalue weighted by Gasteiger charge is 2.10. The van der Waals surface area contributed by atoms with Crippen molar-refractivity contribution in [3.63, 3.8) is 0 Å². The highest BCUT2D eigenvalue weighted by atomic mass is 16.5. The van der Waals surface area contributed by atoms with Crippen LogP contribution in [0.3, 0.4) is 0 Å². The number of hydrogen-bond acceptors (Lipinski definition) is 5. The Bertz CT molecular complexity index is 642. The maximum absolute atomic E-state index is 5.33. The van der Waals surface area contributed by atoms with Gasteiger partial charge in [0.1, 0.15) is 34.4 Å². The quantitative estimate of drug-likeness (QED) is 0.626. The molecule has 0 saturated carbocycles. The molecular formula is C17H20N2O4. The summed E-state index contributed by atoms with van der Waals surface area (Å²) in [6, 6.07) is 11.0. The summed E-state index contributed by atoms with van der Waals surface area (Å²) in [6.07, 6.45) is 1.54. The number of nitrogens with one attached hydrogen (secondary N) is 1. The highest BCUT2D eigenvalue weighted by molar-refractivity contribution is 5.85. The van der Waals surface area contributed by atoms with Crippen molar-refractivity contribution in [3.8, 4) is 23.0 Å². The lowest BCUT2D eigenvalue weighted by Gasteiger charge is -2.12. The van der Waals surface area contributed by atoms with Gasteiger partial charge in [-0.05, 0) is 24.3 Å². The van der Waals surface area contributed by atoms with Crippen molar-refractivity contribution in [2.45, 2.75) is 0 Å². The molecule has 23 heavy (non-hydrogen) atoms. The van der Waals surface area contributed by atoms with Crippen molar-refractivity contribution in [2.24, 2.45) is 4.99 Å². The molecule has 2 aromatic rings. The predicted molar refractivity (Wildman–Crippen MR) is 90.9 cm³/mol. The summed E-state index contributed by atoms with van der Waals surface area (Å²) in [5.74, 6) is 2.55. The minimum Gasteiger partial charge on any atom is -0.494 e. The molecule has 0 aliphatic rings. The molecule has 0 heterocycles. The Hall–Kier alpha value is -2.89. The van der Waals surface area contributed by atoms with E-state index in [0.29, 0.717) is 34.4 Å². The van der Waals surface area contributed by atoms with E-state index in [1.807, 2.05) is 36.4 Å². The minimum atomic E-state index is 0.596. The van der Waals surface area contributed by atoms with Crippen molar-refractivity contribution in [2.75, 3.05) is 33.8 Å². The van der Waals surface area contributed by atoms with Gasteiger partial charge in [-0.15, -0.1) is 0 Å². The van der Waals surface area contributed by atoms with Crippen LogP contribution in [0, 0.1) is 0 Å². The zero-order valence-corrected chi connectivity index (χ0v) is 13.6. The molecule has 0 radical (unpaired) electrons. The largest absolute Gasteiger partial charge is 0.494 e. The van der Waals surface area contributed by atoms with Crippen molar-refractivity contribution >= 4 is 17.7 Å². The number of methoxy groups -OCH3 is 4. The number of anilines is 1. The summed E-state index contributed by atoms with van der Waals surface area (Å²) in [5.41, 5.74) is 1.29. The predicted octanol–water partition coefficient (Wildman–Crippen LogP) is 3.49. The first kappa shape index (κ1) is 16.5. The first-order valence-electron chi connectivity index (χ1n) is 6.96. The molecule has 0 aromatic heterocycles. The van der Waals surface area contributed by atoms with E-state index in [9.17, 15) is 0 Å². The molecule has 2 aromatic carbocycles. The Morgan fingerprint density at radius 2 is 1.17 bits per heavy atom. The molecule has 0 saturated heterocycles. The molecule has 0 unspecified atom stereocenters. The second-order valence-corrected chi connectivity index (χ2v) is 4.45. The Balaban J connectivity index is 2.30. The molecule has 0 spiro atoms. The van der Waals surface area contributed by atoms with E-state index in [1.165, 1.54) is 0 Å². The summed E-state index contributed by atoms with van der Waals surface area (Å²) < 4.78 is 21.3. The smallest absolute Gasteiger partial charge is 0.148 e. The van der Waals surface area contributed by atoms with Gasteiger partial charge >= 0.3 is 0 Å². The number of rotatable bonds is 7. The first-order valence-corrected chi connectivity index (χ1v) is 6.96. The van der Waals surface area contributed by atoms with Gasteiger partial charge in [0.15, 0.2) is 0 Å². The number of para-hydroxylation sites is 2. The van der Waals surface area contributed by atoms with Crippen molar-refractivity contribution in [3.05, 3.63) is 36.4 Å². The van der Waals surface area contributed by atoms with E-state index in [1.54, 1.807) is 34.8 Å². The fourth-order valence-electron chi connectivity index (χ4n) is 2.11. The summed E-state index contributed by atoms with van der Waals surface area (Å²) in [7, 11) is 6.37. The van der Waals surface area contributed by atoms with E-state index in [2.05, 4.69) is 10.3 Å². The summed E-state index contributed by atoms with van der Waals surface area (Å²) in [6.45, 7) is 0. The van der Waals surface area contributed by atoms with Crippen molar-refractivity contribution in [1.82, 2.24) is 0 Å². The van der Waals surface area contributed by atoms with E-state index in [4.69, 9.17) is 18.9 Å². The fourth-order valence-corrected chi connectivity index (χ4v) is 2.11. The molecular weight excluding hydrogens is 296 g/mol. The number of ether oxygens (including phenoxy) is 4. The van der Waals surface area contributed by atoms with Gasteiger partial charge in [0.25, 0.3) is 0 Å². The first-order chi connectivity index (χ1) is 11.2. The van der Waals surface area contributed by atoms with Crippen LogP contribution in [-0.4, -0.2) is 34.8 Å². The SMILES string of the molecule is COc1cccc(OC)c1N=CNc1c(OC)cccc1OC. The summed E-state index contributed by atoms with van der Waals surface area (Å²) in [5, 5.41) is 3.08. The number of aliphatic imine (C=N–C) groups is 1. The molecule has 6 nitrogen and oxygen atoms in total. The average Bonchev–Trinajstić information content (AvgIpc) is 2.61. The van der Waals surface area contributed by atoms with Crippen LogP contribution in [0.5, 0.6) is 23.0 Å². The van der Waals surface area contributed by atoms with E-state index >= 15 is 0 Å². The van der Waals surface area contributed by atoms with Crippen molar-refractivity contribution in [1.29, 1.82) is 0 Å². The Kier molecular flexibility index (Phi) is 5.68. The third kappa shape index (κ3) is 3.66. The van der Waals surface area contributed by atoms with Gasteiger partial charge < -0.3 is 24.3 Å². The zero-order valence-electron chi connectivity index (χ0n) is 13.6. The van der Waals surface area contributed by atoms with Crippen LogP contribution >= 0.6 is 0 Å². The Labute approximate surface area is 135 Å². The van der Waals surface area contributed by atoms with Crippen LogP contribution < -0.4 is 24.3 Å². The molecule has 0 aliphatic carbocycles. The Morgan fingerprint density at radius 1 is 0.739 bits per heavy atom. The lowest BCUT2D eigenvalue weighted by atomic mass is 10.2. The van der Waals surface area contributed by atoms with Gasteiger partial charge in [-0.3, -0.25) is 0 Å². The van der Waals surface area contributed by atoms with Gasteiger partial charge in [0, 0.05) is 0 Å². The summed E-state index contributed by atoms with van der Waals surface area (Å²) in [4.78, 5) is 4.40. The third-order valence-corrected chi connectivity index (χ3v) is 3.23. The van der Waals surface area contributed by atoms with Crippen LogP contribution in [0.1, 0.15) is 0 Å².